The minimum absolute atomic E-state index is 0.0137. The Hall–Kier alpha value is -1.85. The summed E-state index contributed by atoms with van der Waals surface area (Å²) in [5, 5.41) is 0. The zero-order valence-electron chi connectivity index (χ0n) is 12.9. The number of likely N-dealkylation sites (tertiary alicyclic amines) is 1. The van der Waals surface area contributed by atoms with E-state index in [0.29, 0.717) is 25.3 Å². The molecule has 1 amide bonds. The molecule has 0 bridgehead atoms. The van der Waals surface area contributed by atoms with Gasteiger partial charge in [0.1, 0.15) is 12.4 Å². The predicted octanol–water partition coefficient (Wildman–Crippen LogP) is 3.50. The normalized spacial score (nSPS) is 14.4. The summed E-state index contributed by atoms with van der Waals surface area (Å²) in [5.41, 5.74) is 1.75. The van der Waals surface area contributed by atoms with E-state index in [1.807, 2.05) is 42.5 Å². The van der Waals surface area contributed by atoms with E-state index < -0.39 is 0 Å². The lowest BCUT2D eigenvalue weighted by Gasteiger charge is -2.38. The van der Waals surface area contributed by atoms with Crippen LogP contribution in [-0.2, 0) is 11.3 Å². The Morgan fingerprint density at radius 3 is 2.61 bits per heavy atom. The highest BCUT2D eigenvalue weighted by Crippen LogP contribution is 2.26. The molecule has 0 radical (unpaired) electrons. The Morgan fingerprint density at radius 2 is 1.96 bits per heavy atom. The van der Waals surface area contributed by atoms with E-state index >= 15 is 0 Å². The molecule has 0 aliphatic carbocycles. The molecule has 0 unspecified atom stereocenters. The molecule has 23 heavy (non-hydrogen) atoms. The fourth-order valence-electron chi connectivity index (χ4n) is 2.42. The Bertz CT molecular complexity index is 684. The number of hydrogen-bond donors (Lipinski definition) is 0. The molecule has 0 aromatic heterocycles. The number of carbonyl (C=O) groups is 1. The molecular weight excluding hydrogens is 358 g/mol. The second kappa shape index (κ2) is 7.15. The summed E-state index contributed by atoms with van der Waals surface area (Å²) in [4.78, 5) is 14.2. The van der Waals surface area contributed by atoms with Crippen molar-refractivity contribution < 1.29 is 14.3 Å². The topological polar surface area (TPSA) is 38.8 Å². The molecule has 1 aliphatic heterocycles. The van der Waals surface area contributed by atoms with Crippen molar-refractivity contribution in [2.24, 2.45) is 0 Å². The summed E-state index contributed by atoms with van der Waals surface area (Å²) in [6, 6.07) is 15.4. The van der Waals surface area contributed by atoms with Crippen LogP contribution in [0.5, 0.6) is 5.75 Å². The predicted molar refractivity (Wildman–Crippen MR) is 91.6 cm³/mol. The van der Waals surface area contributed by atoms with Crippen LogP contribution in [0.1, 0.15) is 15.9 Å². The summed E-state index contributed by atoms with van der Waals surface area (Å²) in [5.74, 6) is 0.746. The number of carbonyl (C=O) groups excluding carboxylic acids is 1. The number of halogens is 1. The molecule has 1 aliphatic rings. The molecule has 0 N–H and O–H groups in total. The number of ether oxygens (including phenoxy) is 2. The van der Waals surface area contributed by atoms with Crippen molar-refractivity contribution >= 4 is 21.8 Å². The molecule has 5 heteroatoms. The van der Waals surface area contributed by atoms with Crippen molar-refractivity contribution in [3.05, 3.63) is 64.1 Å². The summed E-state index contributed by atoms with van der Waals surface area (Å²) in [7, 11) is 1.67. The van der Waals surface area contributed by atoms with E-state index in [2.05, 4.69) is 15.9 Å². The highest BCUT2D eigenvalue weighted by Gasteiger charge is 2.31. The van der Waals surface area contributed by atoms with Crippen LogP contribution in [0.4, 0.5) is 0 Å². The number of hydrogen-bond acceptors (Lipinski definition) is 3. The maximum atomic E-state index is 12.4. The van der Waals surface area contributed by atoms with Gasteiger partial charge in [-0.15, -0.1) is 0 Å². The van der Waals surface area contributed by atoms with E-state index in [9.17, 15) is 4.79 Å². The quantitative estimate of drug-likeness (QED) is 0.802. The van der Waals surface area contributed by atoms with Gasteiger partial charge in [-0.05, 0) is 39.7 Å². The minimum Gasteiger partial charge on any atom is -0.489 e. The Morgan fingerprint density at radius 1 is 1.22 bits per heavy atom. The smallest absolute Gasteiger partial charge is 0.255 e. The van der Waals surface area contributed by atoms with Crippen LogP contribution in [0.2, 0.25) is 0 Å². The first-order chi connectivity index (χ1) is 11.2. The third-order valence-corrected chi connectivity index (χ3v) is 4.54. The molecule has 3 rings (SSSR count). The van der Waals surface area contributed by atoms with Gasteiger partial charge < -0.3 is 14.4 Å². The first-order valence-corrected chi connectivity index (χ1v) is 8.25. The van der Waals surface area contributed by atoms with Gasteiger partial charge in [-0.25, -0.2) is 0 Å². The zero-order chi connectivity index (χ0) is 16.2. The summed E-state index contributed by atoms with van der Waals surface area (Å²) >= 11 is 3.47. The van der Waals surface area contributed by atoms with Crippen molar-refractivity contribution in [3.63, 3.8) is 0 Å². The molecule has 1 fully saturated rings. The van der Waals surface area contributed by atoms with E-state index in [4.69, 9.17) is 9.47 Å². The van der Waals surface area contributed by atoms with Gasteiger partial charge >= 0.3 is 0 Å². The molecule has 0 spiro atoms. The molecule has 0 saturated carbocycles. The average Bonchev–Trinajstić information content (AvgIpc) is 2.53. The molecule has 120 valence electrons. The molecular formula is C18H18BrNO3. The maximum absolute atomic E-state index is 12.4. The number of benzene rings is 2. The first-order valence-electron chi connectivity index (χ1n) is 7.45. The van der Waals surface area contributed by atoms with Crippen LogP contribution in [-0.4, -0.2) is 37.1 Å². The summed E-state index contributed by atoms with van der Waals surface area (Å²) < 4.78 is 11.7. The largest absolute Gasteiger partial charge is 0.489 e. The molecule has 0 atom stereocenters. The van der Waals surface area contributed by atoms with Crippen molar-refractivity contribution in [2.45, 2.75) is 12.7 Å². The van der Waals surface area contributed by atoms with Gasteiger partial charge in [0.15, 0.2) is 0 Å². The highest BCUT2D eigenvalue weighted by molar-refractivity contribution is 9.10. The standard InChI is InChI=1S/C18H18BrNO3/c1-22-15-10-20(11-15)18(21)16-8-7-14(9-17(16)19)23-12-13-5-3-2-4-6-13/h2-9,15H,10-12H2,1H3. The van der Waals surface area contributed by atoms with Gasteiger partial charge in [0.2, 0.25) is 0 Å². The second-order valence-corrected chi connectivity index (χ2v) is 6.34. The van der Waals surface area contributed by atoms with E-state index in [1.54, 1.807) is 18.1 Å². The van der Waals surface area contributed by atoms with Gasteiger partial charge in [0.25, 0.3) is 5.91 Å². The fourth-order valence-corrected chi connectivity index (χ4v) is 2.95. The lowest BCUT2D eigenvalue weighted by atomic mass is 10.1. The van der Waals surface area contributed by atoms with E-state index in [0.717, 1.165) is 15.8 Å². The van der Waals surface area contributed by atoms with Crippen LogP contribution in [0, 0.1) is 0 Å². The molecule has 4 nitrogen and oxygen atoms in total. The number of methoxy groups -OCH3 is 1. The monoisotopic (exact) mass is 375 g/mol. The van der Waals surface area contributed by atoms with Gasteiger partial charge in [0, 0.05) is 24.7 Å². The van der Waals surface area contributed by atoms with E-state index in [-0.39, 0.29) is 12.0 Å². The van der Waals surface area contributed by atoms with Gasteiger partial charge in [-0.3, -0.25) is 4.79 Å². The van der Waals surface area contributed by atoms with Crippen molar-refractivity contribution in [1.29, 1.82) is 0 Å². The van der Waals surface area contributed by atoms with Crippen LogP contribution in [0.15, 0.2) is 53.0 Å². The third kappa shape index (κ3) is 3.74. The van der Waals surface area contributed by atoms with Gasteiger partial charge in [-0.1, -0.05) is 30.3 Å². The summed E-state index contributed by atoms with van der Waals surface area (Å²) in [6.45, 7) is 1.80. The SMILES string of the molecule is COC1CN(C(=O)c2ccc(OCc3ccccc3)cc2Br)C1. The minimum atomic E-state index is 0.0137. The van der Waals surface area contributed by atoms with Crippen molar-refractivity contribution in [2.75, 3.05) is 20.2 Å². The maximum Gasteiger partial charge on any atom is 0.255 e. The summed E-state index contributed by atoms with van der Waals surface area (Å²) in [6.07, 6.45) is 0.159. The Kier molecular flexibility index (Phi) is 4.98. The van der Waals surface area contributed by atoms with Crippen LogP contribution < -0.4 is 4.74 Å². The Labute approximate surface area is 144 Å². The molecule has 2 aromatic carbocycles. The van der Waals surface area contributed by atoms with Gasteiger partial charge in [-0.2, -0.15) is 0 Å². The van der Waals surface area contributed by atoms with Crippen LogP contribution in [0.3, 0.4) is 0 Å². The van der Waals surface area contributed by atoms with Crippen molar-refractivity contribution in [3.8, 4) is 5.75 Å². The molecule has 1 heterocycles. The third-order valence-electron chi connectivity index (χ3n) is 3.89. The number of rotatable bonds is 5. The number of nitrogens with zero attached hydrogens (tertiary/aromatic N) is 1. The van der Waals surface area contributed by atoms with Gasteiger partial charge in [0.05, 0.1) is 11.7 Å². The lowest BCUT2D eigenvalue weighted by molar-refractivity contribution is -0.0192. The second-order valence-electron chi connectivity index (χ2n) is 5.48. The van der Waals surface area contributed by atoms with Crippen LogP contribution >= 0.6 is 15.9 Å². The van der Waals surface area contributed by atoms with Crippen LogP contribution in [0.25, 0.3) is 0 Å². The highest BCUT2D eigenvalue weighted by atomic mass is 79.9. The zero-order valence-corrected chi connectivity index (χ0v) is 14.5. The van der Waals surface area contributed by atoms with Crippen molar-refractivity contribution in [1.82, 2.24) is 4.90 Å². The molecule has 1 saturated heterocycles. The number of amides is 1. The molecule has 2 aromatic rings. The lowest BCUT2D eigenvalue weighted by Crippen LogP contribution is -2.54. The van der Waals surface area contributed by atoms with E-state index in [1.165, 1.54) is 0 Å². The Balaban J connectivity index is 1.63. The average molecular weight is 376 g/mol. The first kappa shape index (κ1) is 16.0. The fraction of sp³-hybridized carbons (Fsp3) is 0.278.